The summed E-state index contributed by atoms with van der Waals surface area (Å²) >= 11 is 0. The fourth-order valence-corrected chi connectivity index (χ4v) is 1.62. The fraction of sp³-hybridized carbons (Fsp3) is 0.0714. The van der Waals surface area contributed by atoms with Gasteiger partial charge in [-0.1, -0.05) is 12.1 Å². The zero-order valence-corrected chi connectivity index (χ0v) is 10.3. The van der Waals surface area contributed by atoms with Crippen LogP contribution in [0.3, 0.4) is 0 Å². The molecule has 0 aliphatic carbocycles. The van der Waals surface area contributed by atoms with Gasteiger partial charge < -0.3 is 10.4 Å². The first kappa shape index (κ1) is 13.7. The number of hydrogen-bond donors (Lipinski definition) is 2. The van der Waals surface area contributed by atoms with E-state index >= 15 is 0 Å². The molecule has 1 heterocycles. The van der Waals surface area contributed by atoms with Gasteiger partial charge in [-0.15, -0.1) is 0 Å². The fourth-order valence-electron chi connectivity index (χ4n) is 1.62. The van der Waals surface area contributed by atoms with Crippen molar-refractivity contribution in [2.45, 2.75) is 6.42 Å². The van der Waals surface area contributed by atoms with Crippen LogP contribution in [-0.2, 0) is 11.2 Å². The van der Waals surface area contributed by atoms with E-state index in [0.717, 1.165) is 12.3 Å². The molecule has 0 fully saturated rings. The lowest BCUT2D eigenvalue weighted by Gasteiger charge is -2.06. The van der Waals surface area contributed by atoms with Crippen molar-refractivity contribution in [1.82, 2.24) is 4.98 Å². The van der Waals surface area contributed by atoms with Gasteiger partial charge in [-0.05, 0) is 23.8 Å². The maximum Gasteiger partial charge on any atom is 0.307 e. The second kappa shape index (κ2) is 5.92. The Hall–Kier alpha value is -2.76. The molecule has 0 atom stereocenters. The van der Waals surface area contributed by atoms with Crippen molar-refractivity contribution < 1.29 is 19.1 Å². The summed E-state index contributed by atoms with van der Waals surface area (Å²) in [5, 5.41) is 11.2. The Kier molecular flexibility index (Phi) is 4.05. The molecule has 2 rings (SSSR count). The van der Waals surface area contributed by atoms with Crippen LogP contribution in [0.2, 0.25) is 0 Å². The second-order valence-electron chi connectivity index (χ2n) is 4.11. The maximum absolute atomic E-state index is 12.9. The summed E-state index contributed by atoms with van der Waals surface area (Å²) in [6, 6.07) is 7.47. The predicted molar refractivity (Wildman–Crippen MR) is 69.9 cm³/mol. The molecule has 1 amide bonds. The summed E-state index contributed by atoms with van der Waals surface area (Å²) in [6.45, 7) is 0. The monoisotopic (exact) mass is 274 g/mol. The number of carbonyl (C=O) groups excluding carboxylic acids is 1. The Labute approximate surface area is 114 Å². The number of nitrogens with zero attached hydrogens (tertiary/aromatic N) is 1. The van der Waals surface area contributed by atoms with Crippen LogP contribution < -0.4 is 5.32 Å². The Morgan fingerprint density at radius 1 is 1.20 bits per heavy atom. The number of carboxylic acid groups (broad SMARTS) is 1. The minimum Gasteiger partial charge on any atom is -0.481 e. The van der Waals surface area contributed by atoms with Crippen molar-refractivity contribution in [2.75, 3.05) is 5.32 Å². The highest BCUT2D eigenvalue weighted by atomic mass is 19.1. The van der Waals surface area contributed by atoms with Crippen molar-refractivity contribution in [3.8, 4) is 0 Å². The van der Waals surface area contributed by atoms with Gasteiger partial charge in [0.05, 0.1) is 18.2 Å². The number of halogens is 1. The molecule has 2 N–H and O–H groups in total. The van der Waals surface area contributed by atoms with Crippen molar-refractivity contribution in [1.29, 1.82) is 0 Å². The third-order valence-corrected chi connectivity index (χ3v) is 2.53. The van der Waals surface area contributed by atoms with Gasteiger partial charge in [0.2, 0.25) is 0 Å². The number of hydrogen-bond acceptors (Lipinski definition) is 3. The first-order chi connectivity index (χ1) is 9.54. The molecule has 5 nitrogen and oxygen atoms in total. The van der Waals surface area contributed by atoms with Gasteiger partial charge in [0.15, 0.2) is 0 Å². The van der Waals surface area contributed by atoms with E-state index in [2.05, 4.69) is 10.3 Å². The number of nitrogens with one attached hydrogen (secondary N) is 1. The molecule has 0 saturated carbocycles. The van der Waals surface area contributed by atoms with Gasteiger partial charge in [0.25, 0.3) is 5.91 Å². The molecule has 0 bridgehead atoms. The van der Waals surface area contributed by atoms with Gasteiger partial charge in [0.1, 0.15) is 5.82 Å². The summed E-state index contributed by atoms with van der Waals surface area (Å²) in [5.41, 5.74) is 1.23. The maximum atomic E-state index is 12.9. The third-order valence-electron chi connectivity index (χ3n) is 2.53. The van der Waals surface area contributed by atoms with Crippen molar-refractivity contribution in [3.05, 3.63) is 59.7 Å². The number of anilines is 1. The number of aliphatic carboxylic acids is 1. The zero-order chi connectivity index (χ0) is 14.5. The molecule has 2 aromatic rings. The Balaban J connectivity index is 2.06. The van der Waals surface area contributed by atoms with Crippen LogP contribution >= 0.6 is 0 Å². The lowest BCUT2D eigenvalue weighted by molar-refractivity contribution is -0.136. The van der Waals surface area contributed by atoms with Crippen LogP contribution in [0.1, 0.15) is 15.9 Å². The topological polar surface area (TPSA) is 79.3 Å². The Morgan fingerprint density at radius 3 is 2.50 bits per heavy atom. The highest BCUT2D eigenvalue weighted by molar-refractivity contribution is 6.04. The van der Waals surface area contributed by atoms with Crippen molar-refractivity contribution >= 4 is 17.6 Å². The number of benzene rings is 1. The summed E-state index contributed by atoms with van der Waals surface area (Å²) in [6.07, 6.45) is 2.19. The van der Waals surface area contributed by atoms with Crippen molar-refractivity contribution in [3.63, 3.8) is 0 Å². The normalized spacial score (nSPS) is 10.1. The number of carboxylic acids is 1. The summed E-state index contributed by atoms with van der Waals surface area (Å²) < 4.78 is 12.9. The molecule has 0 spiro atoms. The highest BCUT2D eigenvalue weighted by Crippen LogP contribution is 2.12. The molecule has 1 aromatic carbocycles. The molecule has 20 heavy (non-hydrogen) atoms. The zero-order valence-electron chi connectivity index (χ0n) is 10.3. The van der Waals surface area contributed by atoms with E-state index in [1.807, 2.05) is 0 Å². The molecule has 102 valence electrons. The van der Waals surface area contributed by atoms with Gasteiger partial charge >= 0.3 is 5.97 Å². The number of carbonyl (C=O) groups is 2. The summed E-state index contributed by atoms with van der Waals surface area (Å²) in [7, 11) is 0. The van der Waals surface area contributed by atoms with Crippen LogP contribution in [-0.4, -0.2) is 22.0 Å². The van der Waals surface area contributed by atoms with E-state index in [1.165, 1.54) is 6.20 Å². The minimum absolute atomic E-state index is 0.0813. The Bertz CT molecular complexity index is 641. The van der Waals surface area contributed by atoms with E-state index < -0.39 is 17.7 Å². The van der Waals surface area contributed by atoms with Crippen LogP contribution in [0.15, 0.2) is 42.7 Å². The van der Waals surface area contributed by atoms with E-state index in [-0.39, 0.29) is 12.0 Å². The molecular formula is C14H11FN2O3. The second-order valence-corrected chi connectivity index (χ2v) is 4.11. The lowest BCUT2D eigenvalue weighted by Crippen LogP contribution is -2.12. The third kappa shape index (κ3) is 3.61. The van der Waals surface area contributed by atoms with Crippen LogP contribution in [0.4, 0.5) is 10.1 Å². The van der Waals surface area contributed by atoms with E-state index in [4.69, 9.17) is 5.11 Å². The van der Waals surface area contributed by atoms with Gasteiger partial charge in [-0.25, -0.2) is 4.39 Å². The van der Waals surface area contributed by atoms with E-state index in [9.17, 15) is 14.0 Å². The lowest BCUT2D eigenvalue weighted by atomic mass is 10.1. The predicted octanol–water partition coefficient (Wildman–Crippen LogP) is 2.10. The summed E-state index contributed by atoms with van der Waals surface area (Å²) in [4.78, 5) is 25.9. The molecule has 0 unspecified atom stereocenters. The number of pyridine rings is 1. The molecule has 6 heteroatoms. The SMILES string of the molecule is O=C(O)Cc1ccc(NC(=O)c2cncc(F)c2)cc1. The minimum atomic E-state index is -0.923. The number of amides is 1. The summed E-state index contributed by atoms with van der Waals surface area (Å²) in [5.74, 6) is -2.00. The van der Waals surface area contributed by atoms with Gasteiger partial charge in [-0.2, -0.15) is 0 Å². The molecular weight excluding hydrogens is 263 g/mol. The number of aromatic nitrogens is 1. The molecule has 0 aliphatic rings. The molecule has 0 radical (unpaired) electrons. The van der Waals surface area contributed by atoms with Crippen LogP contribution in [0.5, 0.6) is 0 Å². The van der Waals surface area contributed by atoms with E-state index in [0.29, 0.717) is 11.3 Å². The van der Waals surface area contributed by atoms with E-state index in [1.54, 1.807) is 24.3 Å². The quantitative estimate of drug-likeness (QED) is 0.894. The largest absolute Gasteiger partial charge is 0.481 e. The average molecular weight is 274 g/mol. The highest BCUT2D eigenvalue weighted by Gasteiger charge is 2.08. The van der Waals surface area contributed by atoms with Gasteiger partial charge in [-0.3, -0.25) is 14.6 Å². The average Bonchev–Trinajstić information content (AvgIpc) is 2.40. The van der Waals surface area contributed by atoms with Crippen LogP contribution in [0, 0.1) is 5.82 Å². The molecule has 0 aliphatic heterocycles. The molecule has 1 aromatic heterocycles. The first-order valence-electron chi connectivity index (χ1n) is 5.77. The smallest absolute Gasteiger partial charge is 0.307 e. The number of rotatable bonds is 4. The standard InChI is InChI=1S/C14H11FN2O3/c15-11-6-10(7-16-8-11)14(20)17-12-3-1-9(2-4-12)5-13(18)19/h1-4,6-8H,5H2,(H,17,20)(H,18,19). The first-order valence-corrected chi connectivity index (χ1v) is 5.77. The van der Waals surface area contributed by atoms with Gasteiger partial charge in [0, 0.05) is 11.9 Å². The van der Waals surface area contributed by atoms with Crippen molar-refractivity contribution in [2.24, 2.45) is 0 Å². The Morgan fingerprint density at radius 2 is 1.90 bits per heavy atom. The molecule has 0 saturated heterocycles. The van der Waals surface area contributed by atoms with Crippen LogP contribution in [0.25, 0.3) is 0 Å².